The third-order valence-corrected chi connectivity index (χ3v) is 5.99. The Hall–Kier alpha value is -2.34. The Balaban J connectivity index is 1.38. The van der Waals surface area contributed by atoms with Gasteiger partial charge in [0.1, 0.15) is 0 Å². The Kier molecular flexibility index (Phi) is 5.95. The predicted molar refractivity (Wildman–Crippen MR) is 107 cm³/mol. The molecule has 3 aliphatic rings. The first-order valence-corrected chi connectivity index (χ1v) is 10.5. The monoisotopic (exact) mass is 380 g/mol. The maximum absolute atomic E-state index is 12.5. The summed E-state index contributed by atoms with van der Waals surface area (Å²) < 4.78 is 0. The SMILES string of the molecule is O=C1N=NC(Cc2cccc(C(=O)NCCN3CCCC3)c2)C2=C1CCCC2. The molecule has 6 nitrogen and oxygen atoms in total. The predicted octanol–water partition coefficient (Wildman–Crippen LogP) is 3.29. The maximum atomic E-state index is 12.5. The minimum absolute atomic E-state index is 0.0286. The number of likely N-dealkylation sites (tertiary alicyclic amines) is 1. The van der Waals surface area contributed by atoms with Crippen molar-refractivity contribution in [2.75, 3.05) is 26.2 Å². The molecule has 0 bridgehead atoms. The van der Waals surface area contributed by atoms with E-state index in [4.69, 9.17) is 0 Å². The summed E-state index contributed by atoms with van der Waals surface area (Å²) in [6.45, 7) is 3.88. The fourth-order valence-corrected chi connectivity index (χ4v) is 4.46. The number of nitrogens with zero attached hydrogens (tertiary/aromatic N) is 3. The summed E-state index contributed by atoms with van der Waals surface area (Å²) in [5, 5.41) is 11.2. The van der Waals surface area contributed by atoms with Crippen molar-refractivity contribution in [3.05, 3.63) is 46.5 Å². The summed E-state index contributed by atoms with van der Waals surface area (Å²) >= 11 is 0. The molecule has 4 rings (SSSR count). The molecule has 1 aliphatic carbocycles. The van der Waals surface area contributed by atoms with Crippen LogP contribution in [0.3, 0.4) is 0 Å². The van der Waals surface area contributed by atoms with Crippen LogP contribution >= 0.6 is 0 Å². The van der Waals surface area contributed by atoms with Crippen LogP contribution in [0.2, 0.25) is 0 Å². The first kappa shape index (κ1) is 19.0. The van der Waals surface area contributed by atoms with Crippen molar-refractivity contribution >= 4 is 11.8 Å². The van der Waals surface area contributed by atoms with Gasteiger partial charge in [0.15, 0.2) is 0 Å². The molecule has 2 amide bonds. The van der Waals surface area contributed by atoms with Crippen LogP contribution in [0, 0.1) is 0 Å². The molecule has 0 aromatic heterocycles. The summed E-state index contributed by atoms with van der Waals surface area (Å²) in [6, 6.07) is 7.68. The van der Waals surface area contributed by atoms with Crippen LogP contribution in [-0.2, 0) is 11.2 Å². The number of rotatable bonds is 6. The van der Waals surface area contributed by atoms with E-state index in [9.17, 15) is 9.59 Å². The highest BCUT2D eigenvalue weighted by atomic mass is 16.2. The van der Waals surface area contributed by atoms with Gasteiger partial charge in [-0.3, -0.25) is 9.59 Å². The fraction of sp³-hybridized carbons (Fsp3) is 0.545. The van der Waals surface area contributed by atoms with Crippen LogP contribution in [0.15, 0.2) is 45.6 Å². The first-order chi connectivity index (χ1) is 13.7. The minimum Gasteiger partial charge on any atom is -0.351 e. The summed E-state index contributed by atoms with van der Waals surface area (Å²) in [7, 11) is 0. The van der Waals surface area contributed by atoms with E-state index in [0.717, 1.165) is 62.0 Å². The molecule has 1 unspecified atom stereocenters. The van der Waals surface area contributed by atoms with Gasteiger partial charge in [-0.1, -0.05) is 12.1 Å². The van der Waals surface area contributed by atoms with Gasteiger partial charge >= 0.3 is 0 Å². The van der Waals surface area contributed by atoms with Crippen LogP contribution in [0.4, 0.5) is 0 Å². The average Bonchev–Trinajstić information content (AvgIpc) is 3.24. The van der Waals surface area contributed by atoms with E-state index in [0.29, 0.717) is 18.5 Å². The number of hydrogen-bond donors (Lipinski definition) is 1. The number of carbonyl (C=O) groups is 2. The Morgan fingerprint density at radius 1 is 1.14 bits per heavy atom. The maximum Gasteiger partial charge on any atom is 0.291 e. The lowest BCUT2D eigenvalue weighted by atomic mass is 9.84. The molecule has 1 atom stereocenters. The van der Waals surface area contributed by atoms with E-state index >= 15 is 0 Å². The summed E-state index contributed by atoms with van der Waals surface area (Å²) in [5.41, 5.74) is 3.78. The number of carbonyl (C=O) groups excluding carboxylic acids is 2. The van der Waals surface area contributed by atoms with E-state index in [2.05, 4.69) is 20.4 Å². The minimum atomic E-state index is -0.155. The van der Waals surface area contributed by atoms with Gasteiger partial charge in [-0.15, -0.1) is 5.11 Å². The molecular weight excluding hydrogens is 352 g/mol. The highest BCUT2D eigenvalue weighted by Crippen LogP contribution is 2.33. The zero-order chi connectivity index (χ0) is 19.3. The Labute approximate surface area is 166 Å². The van der Waals surface area contributed by atoms with Crippen LogP contribution in [0.5, 0.6) is 0 Å². The lowest BCUT2D eigenvalue weighted by Crippen LogP contribution is -2.33. The average molecular weight is 380 g/mol. The van der Waals surface area contributed by atoms with Crippen molar-refractivity contribution in [2.45, 2.75) is 51.0 Å². The van der Waals surface area contributed by atoms with Crippen LogP contribution in [-0.4, -0.2) is 48.9 Å². The second-order valence-corrected chi connectivity index (χ2v) is 7.96. The van der Waals surface area contributed by atoms with Crippen LogP contribution in [0.1, 0.15) is 54.4 Å². The molecular formula is C22H28N4O2. The summed E-state index contributed by atoms with van der Waals surface area (Å²) in [4.78, 5) is 26.9. The van der Waals surface area contributed by atoms with Crippen molar-refractivity contribution in [3.8, 4) is 0 Å². The molecule has 1 aromatic carbocycles. The highest BCUT2D eigenvalue weighted by molar-refractivity contribution is 5.96. The third kappa shape index (κ3) is 4.38. The first-order valence-electron chi connectivity index (χ1n) is 10.5. The molecule has 2 aliphatic heterocycles. The summed E-state index contributed by atoms with van der Waals surface area (Å²) in [6.07, 6.45) is 7.13. The second-order valence-electron chi connectivity index (χ2n) is 7.96. The Morgan fingerprint density at radius 3 is 2.82 bits per heavy atom. The smallest absolute Gasteiger partial charge is 0.291 e. The van der Waals surface area contributed by atoms with Crippen LogP contribution in [0.25, 0.3) is 0 Å². The van der Waals surface area contributed by atoms with Gasteiger partial charge in [-0.25, -0.2) is 0 Å². The number of amides is 2. The number of azo groups is 1. The molecule has 148 valence electrons. The molecule has 28 heavy (non-hydrogen) atoms. The topological polar surface area (TPSA) is 74.1 Å². The quantitative estimate of drug-likeness (QED) is 0.823. The molecule has 0 radical (unpaired) electrons. The van der Waals surface area contributed by atoms with Gasteiger partial charge < -0.3 is 10.2 Å². The zero-order valence-corrected chi connectivity index (χ0v) is 16.3. The normalized spacial score (nSPS) is 22.4. The third-order valence-electron chi connectivity index (χ3n) is 5.99. The number of benzene rings is 1. The van der Waals surface area contributed by atoms with Gasteiger partial charge in [0, 0.05) is 30.6 Å². The fourth-order valence-electron chi connectivity index (χ4n) is 4.46. The largest absolute Gasteiger partial charge is 0.351 e. The van der Waals surface area contributed by atoms with Crippen molar-refractivity contribution in [3.63, 3.8) is 0 Å². The lowest BCUT2D eigenvalue weighted by molar-refractivity contribution is -0.115. The molecule has 1 fully saturated rings. The molecule has 0 saturated carbocycles. The molecule has 0 spiro atoms. The van der Waals surface area contributed by atoms with Crippen molar-refractivity contribution in [1.82, 2.24) is 10.2 Å². The van der Waals surface area contributed by atoms with Gasteiger partial charge in [-0.05, 0) is 74.9 Å². The van der Waals surface area contributed by atoms with E-state index in [1.807, 2.05) is 24.3 Å². The van der Waals surface area contributed by atoms with E-state index in [1.54, 1.807) is 0 Å². The Bertz CT molecular complexity index is 809. The summed E-state index contributed by atoms with van der Waals surface area (Å²) in [5.74, 6) is -0.184. The van der Waals surface area contributed by atoms with Crippen molar-refractivity contribution < 1.29 is 9.59 Å². The molecule has 1 N–H and O–H groups in total. The lowest BCUT2D eigenvalue weighted by Gasteiger charge is -2.25. The van der Waals surface area contributed by atoms with E-state index < -0.39 is 0 Å². The second kappa shape index (κ2) is 8.78. The zero-order valence-electron chi connectivity index (χ0n) is 16.3. The molecule has 6 heteroatoms. The van der Waals surface area contributed by atoms with Gasteiger partial charge in [0.25, 0.3) is 11.8 Å². The van der Waals surface area contributed by atoms with E-state index in [1.165, 1.54) is 12.8 Å². The standard InChI is InChI=1S/C22H28N4O2/c27-21(23-10-13-26-11-3-4-12-26)17-7-5-6-16(14-17)15-20-18-8-1-2-9-19(18)22(28)25-24-20/h5-7,14,20H,1-4,8-13,15H2,(H,23,27). The van der Waals surface area contributed by atoms with Gasteiger partial charge in [0.05, 0.1) is 6.04 Å². The van der Waals surface area contributed by atoms with Crippen molar-refractivity contribution in [2.24, 2.45) is 10.2 Å². The van der Waals surface area contributed by atoms with Gasteiger partial charge in [0.2, 0.25) is 0 Å². The van der Waals surface area contributed by atoms with E-state index in [-0.39, 0.29) is 17.9 Å². The highest BCUT2D eigenvalue weighted by Gasteiger charge is 2.29. The molecule has 1 saturated heterocycles. The molecule has 1 aromatic rings. The molecule has 2 heterocycles. The number of hydrogen-bond acceptors (Lipinski definition) is 4. The number of nitrogens with one attached hydrogen (secondary N) is 1. The van der Waals surface area contributed by atoms with Crippen LogP contribution < -0.4 is 5.32 Å². The van der Waals surface area contributed by atoms with Crippen molar-refractivity contribution in [1.29, 1.82) is 0 Å². The Morgan fingerprint density at radius 2 is 1.96 bits per heavy atom. The van der Waals surface area contributed by atoms with Gasteiger partial charge in [-0.2, -0.15) is 5.11 Å².